The maximum atomic E-state index is 13.9. The summed E-state index contributed by atoms with van der Waals surface area (Å²) in [6.45, 7) is 1.07. The summed E-state index contributed by atoms with van der Waals surface area (Å²) in [5.41, 5.74) is -0.112. The predicted molar refractivity (Wildman–Crippen MR) is 92.9 cm³/mol. The van der Waals surface area contributed by atoms with Crippen LogP contribution in [0.3, 0.4) is 0 Å². The largest absolute Gasteiger partial charge is 0.502 e. The molecule has 0 aliphatic rings. The Morgan fingerprint density at radius 2 is 2.08 bits per heavy atom. The average Bonchev–Trinajstić information content (AvgIpc) is 2.82. The molecule has 0 fully saturated rings. The highest BCUT2D eigenvalue weighted by atomic mass is 79.9. The third-order valence-electron chi connectivity index (χ3n) is 3.00. The average molecular weight is 436 g/mol. The molecule has 0 radical (unpaired) electrons. The summed E-state index contributed by atoms with van der Waals surface area (Å²) in [5.74, 6) is -3.79. The number of rotatable bonds is 7. The summed E-state index contributed by atoms with van der Waals surface area (Å²) < 4.78 is 50.2. The zero-order valence-corrected chi connectivity index (χ0v) is 15.5. The summed E-state index contributed by atoms with van der Waals surface area (Å²) in [7, 11) is -3.82. The third-order valence-corrected chi connectivity index (χ3v) is 4.88. The second kappa shape index (κ2) is 7.87. The van der Waals surface area contributed by atoms with Gasteiger partial charge in [-0.3, -0.25) is 4.79 Å². The number of alkyl halides is 1. The van der Waals surface area contributed by atoms with Crippen LogP contribution in [-0.4, -0.2) is 30.6 Å². The number of sulfonamides is 1. The van der Waals surface area contributed by atoms with Crippen molar-refractivity contribution < 1.29 is 31.9 Å². The third kappa shape index (κ3) is 4.73. The Morgan fingerprint density at radius 3 is 2.68 bits per heavy atom. The monoisotopic (exact) mass is 435 g/mol. The molecule has 0 saturated heterocycles. The quantitative estimate of drug-likeness (QED) is 0.510. The number of anilines is 1. The summed E-state index contributed by atoms with van der Waals surface area (Å²) in [6, 6.07) is 5.42. The van der Waals surface area contributed by atoms with E-state index in [1.165, 1.54) is 18.2 Å². The Bertz CT molecular complexity index is 880. The Hall–Kier alpha value is -2.07. The molecule has 0 unspecified atom stereocenters. The number of ether oxygens (including phenoxy) is 1. The molecule has 25 heavy (non-hydrogen) atoms. The van der Waals surface area contributed by atoms with Crippen molar-refractivity contribution in [3.05, 3.63) is 30.1 Å². The first-order chi connectivity index (χ1) is 11.7. The van der Waals surface area contributed by atoms with E-state index in [0.29, 0.717) is 11.8 Å². The second-order valence-electron chi connectivity index (χ2n) is 4.98. The van der Waals surface area contributed by atoms with Crippen LogP contribution in [0.15, 0.2) is 28.7 Å². The fourth-order valence-corrected chi connectivity index (χ4v) is 3.67. The number of carbonyl (C=O) groups is 1. The molecular formula is C15H15BrFNO6S. The van der Waals surface area contributed by atoms with Crippen molar-refractivity contribution in [3.8, 4) is 22.8 Å². The Morgan fingerprint density at radius 1 is 1.40 bits per heavy atom. The molecular weight excluding hydrogens is 421 g/mol. The van der Waals surface area contributed by atoms with Crippen LogP contribution in [0, 0.1) is 5.82 Å². The van der Waals surface area contributed by atoms with Gasteiger partial charge in [-0.15, -0.1) is 0 Å². The molecule has 0 atom stereocenters. The zero-order chi connectivity index (χ0) is 18.6. The fraction of sp³-hybridized carbons (Fsp3) is 0.267. The van der Waals surface area contributed by atoms with Gasteiger partial charge in [0.25, 0.3) is 5.88 Å². The summed E-state index contributed by atoms with van der Waals surface area (Å²) in [5, 5.41) is 10.7. The van der Waals surface area contributed by atoms with E-state index in [2.05, 4.69) is 20.7 Å². The van der Waals surface area contributed by atoms with Gasteiger partial charge >= 0.3 is 5.97 Å². The summed E-state index contributed by atoms with van der Waals surface area (Å²) in [4.78, 5) is 11.2. The molecule has 1 aromatic heterocycles. The lowest BCUT2D eigenvalue weighted by Crippen LogP contribution is -2.17. The van der Waals surface area contributed by atoms with Crippen LogP contribution in [0.2, 0.25) is 0 Å². The molecule has 10 heteroatoms. The van der Waals surface area contributed by atoms with Gasteiger partial charge in [0.1, 0.15) is 5.82 Å². The minimum absolute atomic E-state index is 0.112. The first-order valence-corrected chi connectivity index (χ1v) is 9.88. The van der Waals surface area contributed by atoms with Crippen LogP contribution in [0.4, 0.5) is 10.3 Å². The van der Waals surface area contributed by atoms with E-state index in [-0.39, 0.29) is 17.1 Å². The number of halogens is 2. The molecule has 2 N–H and O–H groups in total. The lowest BCUT2D eigenvalue weighted by molar-refractivity contribution is -0.131. The van der Waals surface area contributed by atoms with E-state index in [1.807, 2.05) is 0 Å². The van der Waals surface area contributed by atoms with Gasteiger partial charge in [-0.25, -0.2) is 17.5 Å². The maximum Gasteiger partial charge on any atom is 0.308 e. The standard InChI is InChI=1S/C15H15BrFNO6S/c1-9(19)23-14-12(20)13(10-5-2-3-6-11(10)17)24-15(14)18-25(21,22)8-4-7-16/h2-3,5-6,18,20H,4,7-8H2,1H3. The van der Waals surface area contributed by atoms with E-state index >= 15 is 0 Å². The van der Waals surface area contributed by atoms with E-state index < -0.39 is 39.2 Å². The molecule has 136 valence electrons. The SMILES string of the molecule is CC(=O)Oc1c(NS(=O)(=O)CCCBr)oc(-c2ccccc2F)c1O. The highest BCUT2D eigenvalue weighted by molar-refractivity contribution is 9.09. The van der Waals surface area contributed by atoms with Crippen molar-refractivity contribution >= 4 is 37.8 Å². The van der Waals surface area contributed by atoms with Crippen molar-refractivity contribution in [1.82, 2.24) is 0 Å². The Labute approximate surface area is 152 Å². The number of hydrogen-bond donors (Lipinski definition) is 2. The van der Waals surface area contributed by atoms with Gasteiger partial charge < -0.3 is 14.3 Å². The molecule has 2 rings (SSSR count). The van der Waals surface area contributed by atoms with Crippen molar-refractivity contribution in [2.24, 2.45) is 0 Å². The number of hydrogen-bond acceptors (Lipinski definition) is 6. The molecule has 0 spiro atoms. The first-order valence-electron chi connectivity index (χ1n) is 7.10. The molecule has 0 saturated carbocycles. The van der Waals surface area contributed by atoms with Crippen LogP contribution in [0.5, 0.6) is 11.5 Å². The van der Waals surface area contributed by atoms with Crippen LogP contribution < -0.4 is 9.46 Å². The predicted octanol–water partition coefficient (Wildman–Crippen LogP) is 3.24. The molecule has 7 nitrogen and oxygen atoms in total. The first kappa shape index (κ1) is 19.3. The van der Waals surface area contributed by atoms with Gasteiger partial charge in [0.2, 0.25) is 21.5 Å². The van der Waals surface area contributed by atoms with E-state index in [1.54, 1.807) is 0 Å². The van der Waals surface area contributed by atoms with E-state index in [0.717, 1.165) is 13.0 Å². The normalized spacial score (nSPS) is 11.3. The van der Waals surface area contributed by atoms with Crippen molar-refractivity contribution in [1.29, 1.82) is 0 Å². The number of aromatic hydroxyl groups is 1. The zero-order valence-electron chi connectivity index (χ0n) is 13.1. The maximum absolute atomic E-state index is 13.9. The number of furan rings is 1. The number of nitrogens with one attached hydrogen (secondary N) is 1. The second-order valence-corrected chi connectivity index (χ2v) is 7.61. The topological polar surface area (TPSA) is 106 Å². The molecule has 1 aromatic carbocycles. The van der Waals surface area contributed by atoms with Gasteiger partial charge in [0.15, 0.2) is 5.76 Å². The molecule has 1 heterocycles. The molecule has 0 bridgehead atoms. The lowest BCUT2D eigenvalue weighted by atomic mass is 10.1. The van der Waals surface area contributed by atoms with Crippen molar-refractivity contribution in [2.45, 2.75) is 13.3 Å². The van der Waals surface area contributed by atoms with Crippen LogP contribution in [-0.2, 0) is 14.8 Å². The fourth-order valence-electron chi connectivity index (χ4n) is 1.98. The van der Waals surface area contributed by atoms with Gasteiger partial charge in [0.05, 0.1) is 11.3 Å². The van der Waals surface area contributed by atoms with Crippen LogP contribution in [0.25, 0.3) is 11.3 Å². The van der Waals surface area contributed by atoms with Gasteiger partial charge in [-0.1, -0.05) is 28.1 Å². The minimum atomic E-state index is -3.82. The van der Waals surface area contributed by atoms with Crippen LogP contribution in [0.1, 0.15) is 13.3 Å². The molecule has 2 aromatic rings. The van der Waals surface area contributed by atoms with Crippen LogP contribution >= 0.6 is 15.9 Å². The van der Waals surface area contributed by atoms with Gasteiger partial charge in [0, 0.05) is 12.3 Å². The number of carbonyl (C=O) groups excluding carboxylic acids is 1. The van der Waals surface area contributed by atoms with Crippen molar-refractivity contribution in [3.63, 3.8) is 0 Å². The summed E-state index contributed by atoms with van der Waals surface area (Å²) in [6.07, 6.45) is 0.324. The summed E-state index contributed by atoms with van der Waals surface area (Å²) >= 11 is 3.12. The number of esters is 1. The highest BCUT2D eigenvalue weighted by Crippen LogP contribution is 2.47. The van der Waals surface area contributed by atoms with E-state index in [9.17, 15) is 22.7 Å². The van der Waals surface area contributed by atoms with Crippen molar-refractivity contribution in [2.75, 3.05) is 15.8 Å². The van der Waals surface area contributed by atoms with Gasteiger partial charge in [-0.2, -0.15) is 0 Å². The molecule has 0 amide bonds. The Kier molecular flexibility index (Phi) is 6.07. The molecule has 0 aliphatic heterocycles. The lowest BCUT2D eigenvalue weighted by Gasteiger charge is -2.06. The Balaban J connectivity index is 2.50. The number of benzene rings is 1. The van der Waals surface area contributed by atoms with Gasteiger partial charge in [-0.05, 0) is 18.6 Å². The minimum Gasteiger partial charge on any atom is -0.502 e. The molecule has 0 aliphatic carbocycles. The highest BCUT2D eigenvalue weighted by Gasteiger charge is 2.28. The smallest absolute Gasteiger partial charge is 0.308 e. The van der Waals surface area contributed by atoms with E-state index in [4.69, 9.17) is 9.15 Å².